The number of rotatable bonds is 2. The second-order valence-electron chi connectivity index (χ2n) is 1.74. The molecule has 0 aliphatic heterocycles. The summed E-state index contributed by atoms with van der Waals surface area (Å²) in [5, 5.41) is 7.94. The molecule has 0 atom stereocenters. The molecule has 3 nitrogen and oxygen atoms in total. The minimum absolute atomic E-state index is 0.122. The van der Waals surface area contributed by atoms with E-state index >= 15 is 0 Å². The van der Waals surface area contributed by atoms with Gasteiger partial charge in [-0.05, 0) is 12.1 Å². The lowest BCUT2D eigenvalue weighted by Crippen LogP contribution is -1.91. The van der Waals surface area contributed by atoms with E-state index in [0.717, 1.165) is 0 Å². The molecule has 0 aromatic carbocycles. The maximum atomic E-state index is 7.94. The third kappa shape index (κ3) is 9.07. The van der Waals surface area contributed by atoms with Gasteiger partial charge in [-0.1, -0.05) is 6.07 Å². The predicted molar refractivity (Wildman–Crippen MR) is 43.2 cm³/mol. The number of pyridine rings is 1. The maximum absolute atomic E-state index is 7.94. The molecule has 1 heterocycles. The van der Waals surface area contributed by atoms with Crippen LogP contribution in [-0.2, 0) is 4.74 Å². The summed E-state index contributed by atoms with van der Waals surface area (Å²) in [4.78, 5) is 3.78. The number of methoxy groups -OCH3 is 1. The summed E-state index contributed by atoms with van der Waals surface area (Å²) in [7, 11) is 1.55. The van der Waals surface area contributed by atoms with Crippen LogP contribution in [0.15, 0.2) is 30.6 Å². The van der Waals surface area contributed by atoms with Crippen molar-refractivity contribution in [3.8, 4) is 0 Å². The minimum Gasteiger partial charge on any atom is -0.394 e. The van der Waals surface area contributed by atoms with Crippen molar-refractivity contribution >= 4 is 0 Å². The summed E-state index contributed by atoms with van der Waals surface area (Å²) in [6.45, 7) is 0.566. The van der Waals surface area contributed by atoms with Crippen molar-refractivity contribution in [2.75, 3.05) is 20.3 Å². The summed E-state index contributed by atoms with van der Waals surface area (Å²) in [6.07, 6.45) is 3.50. The van der Waals surface area contributed by atoms with Gasteiger partial charge in [0.15, 0.2) is 0 Å². The molecule has 0 unspecified atom stereocenters. The van der Waals surface area contributed by atoms with Crippen LogP contribution >= 0.6 is 0 Å². The van der Waals surface area contributed by atoms with Gasteiger partial charge >= 0.3 is 0 Å². The van der Waals surface area contributed by atoms with Crippen molar-refractivity contribution in [2.24, 2.45) is 0 Å². The lowest BCUT2D eigenvalue weighted by atomic mass is 10.5. The number of aromatic nitrogens is 1. The number of aliphatic hydroxyl groups excluding tert-OH is 1. The van der Waals surface area contributed by atoms with Crippen LogP contribution in [0.25, 0.3) is 0 Å². The highest BCUT2D eigenvalue weighted by atomic mass is 16.5. The van der Waals surface area contributed by atoms with E-state index in [1.165, 1.54) is 0 Å². The molecule has 3 heteroatoms. The Balaban J connectivity index is 0.000000187. The topological polar surface area (TPSA) is 42.4 Å². The quantitative estimate of drug-likeness (QED) is 0.683. The van der Waals surface area contributed by atoms with Crippen LogP contribution in [0.5, 0.6) is 0 Å². The van der Waals surface area contributed by atoms with E-state index < -0.39 is 0 Å². The summed E-state index contributed by atoms with van der Waals surface area (Å²) < 4.78 is 4.44. The molecule has 1 aromatic rings. The Bertz CT molecular complexity index is 115. The second kappa shape index (κ2) is 9.07. The largest absolute Gasteiger partial charge is 0.394 e. The Morgan fingerprint density at radius 2 is 1.91 bits per heavy atom. The van der Waals surface area contributed by atoms with Gasteiger partial charge in [-0.15, -0.1) is 0 Å². The van der Waals surface area contributed by atoms with E-state index in [1.54, 1.807) is 19.5 Å². The van der Waals surface area contributed by atoms with Crippen LogP contribution < -0.4 is 0 Å². The SMILES string of the molecule is COCCO.c1ccncc1. The number of ether oxygens (including phenoxy) is 1. The predicted octanol–water partition coefficient (Wildman–Crippen LogP) is 0.707. The van der Waals surface area contributed by atoms with Gasteiger partial charge in [-0.3, -0.25) is 4.98 Å². The van der Waals surface area contributed by atoms with E-state index in [-0.39, 0.29) is 6.61 Å². The number of hydrogen-bond donors (Lipinski definition) is 1. The molecule has 0 radical (unpaired) electrons. The molecule has 0 bridgehead atoms. The first kappa shape index (κ1) is 10.1. The van der Waals surface area contributed by atoms with Crippen molar-refractivity contribution in [1.29, 1.82) is 0 Å². The van der Waals surface area contributed by atoms with Crippen LogP contribution in [0.4, 0.5) is 0 Å². The van der Waals surface area contributed by atoms with Gasteiger partial charge in [0.2, 0.25) is 0 Å². The average molecular weight is 155 g/mol. The summed E-state index contributed by atoms with van der Waals surface area (Å²) in [5.74, 6) is 0. The molecule has 0 fully saturated rings. The summed E-state index contributed by atoms with van der Waals surface area (Å²) in [6, 6.07) is 5.72. The zero-order valence-corrected chi connectivity index (χ0v) is 6.60. The first-order chi connectivity index (χ1) is 5.41. The van der Waals surface area contributed by atoms with Crippen molar-refractivity contribution in [1.82, 2.24) is 4.98 Å². The molecular weight excluding hydrogens is 142 g/mol. The highest BCUT2D eigenvalue weighted by molar-refractivity contribution is 4.88. The van der Waals surface area contributed by atoms with Crippen molar-refractivity contribution in [2.45, 2.75) is 0 Å². The summed E-state index contributed by atoms with van der Waals surface area (Å²) >= 11 is 0. The molecule has 1 aromatic heterocycles. The van der Waals surface area contributed by atoms with E-state index in [0.29, 0.717) is 6.61 Å². The Labute approximate surface area is 66.7 Å². The van der Waals surface area contributed by atoms with Crippen LogP contribution in [0.1, 0.15) is 0 Å². The fourth-order valence-electron chi connectivity index (χ4n) is 0.404. The Kier molecular flexibility index (Phi) is 8.30. The molecule has 0 aliphatic carbocycles. The lowest BCUT2D eigenvalue weighted by Gasteiger charge is -1.84. The summed E-state index contributed by atoms with van der Waals surface area (Å²) in [5.41, 5.74) is 0. The van der Waals surface area contributed by atoms with Gasteiger partial charge in [0, 0.05) is 19.5 Å². The van der Waals surface area contributed by atoms with E-state index in [1.807, 2.05) is 18.2 Å². The second-order valence-corrected chi connectivity index (χ2v) is 1.74. The normalized spacial score (nSPS) is 8.18. The molecule has 1 N–H and O–H groups in total. The standard InChI is InChI=1S/C5H5N.C3H8O2/c1-2-4-6-5-3-1;1-5-3-2-4/h1-5H;4H,2-3H2,1H3. The average Bonchev–Trinajstić information content (AvgIpc) is 2.10. The monoisotopic (exact) mass is 155 g/mol. The zero-order chi connectivity index (χ0) is 8.36. The molecule has 0 aliphatic rings. The van der Waals surface area contributed by atoms with Crippen LogP contribution in [0, 0.1) is 0 Å². The van der Waals surface area contributed by atoms with Crippen LogP contribution in [0.3, 0.4) is 0 Å². The van der Waals surface area contributed by atoms with E-state index in [9.17, 15) is 0 Å². The fourth-order valence-corrected chi connectivity index (χ4v) is 0.404. The molecule has 11 heavy (non-hydrogen) atoms. The fraction of sp³-hybridized carbons (Fsp3) is 0.375. The highest BCUT2D eigenvalue weighted by Gasteiger charge is 1.67. The van der Waals surface area contributed by atoms with Crippen LogP contribution in [-0.4, -0.2) is 30.4 Å². The van der Waals surface area contributed by atoms with E-state index in [2.05, 4.69) is 9.72 Å². The first-order valence-corrected chi connectivity index (χ1v) is 3.36. The number of hydrogen-bond acceptors (Lipinski definition) is 3. The first-order valence-electron chi connectivity index (χ1n) is 3.36. The van der Waals surface area contributed by atoms with Gasteiger partial charge in [-0.2, -0.15) is 0 Å². The lowest BCUT2D eigenvalue weighted by molar-refractivity contribution is 0.135. The molecule has 1 rings (SSSR count). The molecule has 62 valence electrons. The van der Waals surface area contributed by atoms with Gasteiger partial charge in [0.05, 0.1) is 13.2 Å². The van der Waals surface area contributed by atoms with Crippen molar-refractivity contribution < 1.29 is 9.84 Å². The Hall–Kier alpha value is -0.930. The molecule has 0 saturated carbocycles. The van der Waals surface area contributed by atoms with Gasteiger partial charge < -0.3 is 9.84 Å². The van der Waals surface area contributed by atoms with Gasteiger partial charge in [-0.25, -0.2) is 0 Å². The number of aliphatic hydroxyl groups is 1. The Morgan fingerprint density at radius 3 is 2.00 bits per heavy atom. The third-order valence-electron chi connectivity index (χ3n) is 0.862. The maximum Gasteiger partial charge on any atom is 0.0693 e. The number of nitrogens with zero attached hydrogens (tertiary/aromatic N) is 1. The van der Waals surface area contributed by atoms with E-state index in [4.69, 9.17) is 5.11 Å². The highest BCUT2D eigenvalue weighted by Crippen LogP contribution is 1.73. The minimum atomic E-state index is 0.122. The molecule has 0 spiro atoms. The molecule has 0 saturated heterocycles. The van der Waals surface area contributed by atoms with Crippen LogP contribution in [0.2, 0.25) is 0 Å². The smallest absolute Gasteiger partial charge is 0.0693 e. The molecule has 0 amide bonds. The van der Waals surface area contributed by atoms with Gasteiger partial charge in [0.25, 0.3) is 0 Å². The van der Waals surface area contributed by atoms with Crippen molar-refractivity contribution in [3.05, 3.63) is 30.6 Å². The molecular formula is C8H13NO2. The Morgan fingerprint density at radius 1 is 1.27 bits per heavy atom. The zero-order valence-electron chi connectivity index (χ0n) is 6.60. The third-order valence-corrected chi connectivity index (χ3v) is 0.862. The van der Waals surface area contributed by atoms with Gasteiger partial charge in [0.1, 0.15) is 0 Å². The van der Waals surface area contributed by atoms with Crippen molar-refractivity contribution in [3.63, 3.8) is 0 Å².